The van der Waals surface area contributed by atoms with Gasteiger partial charge in [0.05, 0.1) is 5.56 Å². The molecule has 2 nitrogen and oxygen atoms in total. The first-order chi connectivity index (χ1) is 12.8. The molecule has 4 rings (SSSR count). The molecular formula is C24H28O2. The topological polar surface area (TPSA) is 26.3 Å². The number of benzene rings is 2. The molecule has 1 heterocycles. The van der Waals surface area contributed by atoms with Crippen molar-refractivity contribution in [2.24, 2.45) is 0 Å². The van der Waals surface area contributed by atoms with Crippen LogP contribution >= 0.6 is 0 Å². The molecule has 0 N–H and O–H groups in total. The molecule has 0 saturated carbocycles. The minimum absolute atomic E-state index is 0.251. The molecule has 0 spiro atoms. The summed E-state index contributed by atoms with van der Waals surface area (Å²) in [7, 11) is 0. The molecule has 1 aliphatic heterocycles. The smallest absolute Gasteiger partial charge is 0.340 e. The van der Waals surface area contributed by atoms with Gasteiger partial charge in [-0.1, -0.05) is 94.5 Å². The van der Waals surface area contributed by atoms with Crippen LogP contribution in [0.3, 0.4) is 0 Å². The number of carbonyl (C=O) groups excluding carboxylic acids is 1. The summed E-state index contributed by atoms with van der Waals surface area (Å²) >= 11 is 0. The van der Waals surface area contributed by atoms with Crippen molar-refractivity contribution < 1.29 is 9.53 Å². The van der Waals surface area contributed by atoms with Gasteiger partial charge in [0.25, 0.3) is 0 Å². The SMILES string of the molecule is CC.CC.O=C1OC(C2=CCCC=C2)(c2ccccc2)c2ccccc21. The van der Waals surface area contributed by atoms with Crippen LogP contribution in [-0.4, -0.2) is 5.97 Å². The van der Waals surface area contributed by atoms with E-state index in [4.69, 9.17) is 4.74 Å². The molecular weight excluding hydrogens is 320 g/mol. The molecule has 0 amide bonds. The number of carbonyl (C=O) groups is 1. The van der Waals surface area contributed by atoms with E-state index in [2.05, 4.69) is 18.2 Å². The van der Waals surface area contributed by atoms with Crippen molar-refractivity contribution in [3.63, 3.8) is 0 Å². The Morgan fingerprint density at radius 2 is 1.50 bits per heavy atom. The molecule has 2 aliphatic rings. The van der Waals surface area contributed by atoms with Gasteiger partial charge < -0.3 is 4.74 Å². The second-order valence-electron chi connectivity index (χ2n) is 5.62. The second kappa shape index (κ2) is 9.19. The van der Waals surface area contributed by atoms with Crippen LogP contribution in [0.1, 0.15) is 62.0 Å². The molecule has 2 heteroatoms. The van der Waals surface area contributed by atoms with Crippen molar-refractivity contribution in [1.29, 1.82) is 0 Å². The van der Waals surface area contributed by atoms with Crippen LogP contribution in [-0.2, 0) is 10.3 Å². The summed E-state index contributed by atoms with van der Waals surface area (Å²) in [5.74, 6) is -0.251. The van der Waals surface area contributed by atoms with Gasteiger partial charge >= 0.3 is 5.97 Å². The highest BCUT2D eigenvalue weighted by Crippen LogP contribution is 2.48. The lowest BCUT2D eigenvalue weighted by molar-refractivity contribution is 0.0247. The van der Waals surface area contributed by atoms with E-state index in [1.54, 1.807) is 0 Å². The highest BCUT2D eigenvalue weighted by atomic mass is 16.6. The zero-order chi connectivity index (χ0) is 19.0. The van der Waals surface area contributed by atoms with Gasteiger partial charge in [-0.15, -0.1) is 0 Å². The fraction of sp³-hybridized carbons (Fsp3) is 0.292. The Kier molecular flexibility index (Phi) is 6.97. The highest BCUT2D eigenvalue weighted by molar-refractivity contribution is 5.96. The van der Waals surface area contributed by atoms with Gasteiger partial charge in [-0.3, -0.25) is 0 Å². The first-order valence-electron chi connectivity index (χ1n) is 9.58. The van der Waals surface area contributed by atoms with E-state index >= 15 is 0 Å². The van der Waals surface area contributed by atoms with Gasteiger partial charge in [0.2, 0.25) is 0 Å². The maximum absolute atomic E-state index is 12.4. The third-order valence-corrected chi connectivity index (χ3v) is 4.35. The summed E-state index contributed by atoms with van der Waals surface area (Å²) in [6.07, 6.45) is 8.42. The average Bonchev–Trinajstić information content (AvgIpc) is 3.06. The summed E-state index contributed by atoms with van der Waals surface area (Å²) in [5, 5.41) is 0. The monoisotopic (exact) mass is 348 g/mol. The fourth-order valence-electron chi connectivity index (χ4n) is 3.36. The van der Waals surface area contributed by atoms with Crippen molar-refractivity contribution in [2.75, 3.05) is 0 Å². The molecule has 0 saturated heterocycles. The summed E-state index contributed by atoms with van der Waals surface area (Å²) in [4.78, 5) is 12.4. The van der Waals surface area contributed by atoms with E-state index in [1.165, 1.54) is 0 Å². The number of fused-ring (bicyclic) bond motifs is 1. The molecule has 136 valence electrons. The van der Waals surface area contributed by atoms with Crippen molar-refractivity contribution in [2.45, 2.75) is 46.1 Å². The molecule has 1 aliphatic carbocycles. The number of rotatable bonds is 2. The van der Waals surface area contributed by atoms with Crippen molar-refractivity contribution in [1.82, 2.24) is 0 Å². The van der Waals surface area contributed by atoms with Gasteiger partial charge in [-0.05, 0) is 18.9 Å². The molecule has 0 aromatic heterocycles. The fourth-order valence-corrected chi connectivity index (χ4v) is 3.36. The van der Waals surface area contributed by atoms with Gasteiger partial charge in [0.15, 0.2) is 5.60 Å². The van der Waals surface area contributed by atoms with E-state index in [0.29, 0.717) is 5.56 Å². The third-order valence-electron chi connectivity index (χ3n) is 4.35. The number of esters is 1. The first kappa shape index (κ1) is 19.7. The minimum Gasteiger partial charge on any atom is -0.441 e. The van der Waals surface area contributed by atoms with Gasteiger partial charge in [-0.2, -0.15) is 0 Å². The van der Waals surface area contributed by atoms with Crippen LogP contribution in [0.2, 0.25) is 0 Å². The van der Waals surface area contributed by atoms with Gasteiger partial charge in [0, 0.05) is 16.7 Å². The lowest BCUT2D eigenvalue weighted by atomic mass is 9.78. The lowest BCUT2D eigenvalue weighted by Crippen LogP contribution is -2.30. The lowest BCUT2D eigenvalue weighted by Gasteiger charge is -2.32. The number of hydrogen-bond donors (Lipinski definition) is 0. The van der Waals surface area contributed by atoms with E-state index in [9.17, 15) is 4.79 Å². The predicted molar refractivity (Wildman–Crippen MR) is 108 cm³/mol. The summed E-state index contributed by atoms with van der Waals surface area (Å²) in [5.41, 5.74) is 2.82. The summed E-state index contributed by atoms with van der Waals surface area (Å²) in [6.45, 7) is 8.00. The normalized spacial score (nSPS) is 19.8. The number of ether oxygens (including phenoxy) is 1. The number of hydrogen-bond acceptors (Lipinski definition) is 2. The zero-order valence-electron chi connectivity index (χ0n) is 16.2. The third kappa shape index (κ3) is 3.37. The Morgan fingerprint density at radius 1 is 0.846 bits per heavy atom. The minimum atomic E-state index is -0.814. The maximum Gasteiger partial charge on any atom is 0.340 e. The number of cyclic esters (lactones) is 1. The van der Waals surface area contributed by atoms with E-state index in [-0.39, 0.29) is 5.97 Å². The quantitative estimate of drug-likeness (QED) is 0.585. The largest absolute Gasteiger partial charge is 0.441 e. The van der Waals surface area contributed by atoms with Crippen LogP contribution in [0.25, 0.3) is 0 Å². The maximum atomic E-state index is 12.4. The van der Waals surface area contributed by atoms with E-state index < -0.39 is 5.60 Å². The van der Waals surface area contributed by atoms with E-state index in [1.807, 2.05) is 82.3 Å². The molecule has 0 fully saturated rings. The van der Waals surface area contributed by atoms with Crippen molar-refractivity contribution >= 4 is 5.97 Å². The predicted octanol–water partition coefficient (Wildman–Crippen LogP) is 6.43. The molecule has 0 radical (unpaired) electrons. The molecule has 0 bridgehead atoms. The van der Waals surface area contributed by atoms with Crippen molar-refractivity contribution in [3.8, 4) is 0 Å². The van der Waals surface area contributed by atoms with E-state index in [0.717, 1.165) is 29.5 Å². The number of allylic oxidation sites excluding steroid dienone is 2. The Labute approximate surface area is 157 Å². The Morgan fingerprint density at radius 3 is 2.15 bits per heavy atom. The molecule has 2 aromatic rings. The summed E-state index contributed by atoms with van der Waals surface area (Å²) in [6, 6.07) is 17.7. The second-order valence-corrected chi connectivity index (χ2v) is 5.62. The first-order valence-corrected chi connectivity index (χ1v) is 9.58. The Hall–Kier alpha value is -2.61. The van der Waals surface area contributed by atoms with Crippen LogP contribution in [0.5, 0.6) is 0 Å². The van der Waals surface area contributed by atoms with Crippen LogP contribution < -0.4 is 0 Å². The van der Waals surface area contributed by atoms with Gasteiger partial charge in [-0.25, -0.2) is 4.79 Å². The standard InChI is InChI=1S/C20H16O2.2C2H6/c21-19-17-13-7-8-14-18(17)20(22-19,15-9-3-1-4-10-15)16-11-5-2-6-12-16;2*1-2/h1,3-5,7-14H,2,6H2;2*1-2H3. The highest BCUT2D eigenvalue weighted by Gasteiger charge is 2.48. The van der Waals surface area contributed by atoms with Crippen LogP contribution in [0, 0.1) is 0 Å². The Bertz CT molecular complexity index is 787. The van der Waals surface area contributed by atoms with Gasteiger partial charge in [0.1, 0.15) is 0 Å². The van der Waals surface area contributed by atoms with Crippen LogP contribution in [0.15, 0.2) is 78.4 Å². The average molecular weight is 348 g/mol. The molecule has 1 atom stereocenters. The Balaban J connectivity index is 0.000000570. The van der Waals surface area contributed by atoms with Crippen LogP contribution in [0.4, 0.5) is 0 Å². The summed E-state index contributed by atoms with van der Waals surface area (Å²) < 4.78 is 5.99. The molecule has 2 aromatic carbocycles. The molecule has 1 unspecified atom stereocenters. The molecule has 26 heavy (non-hydrogen) atoms. The zero-order valence-corrected chi connectivity index (χ0v) is 16.2. The van der Waals surface area contributed by atoms with Crippen molar-refractivity contribution in [3.05, 3.63) is 95.1 Å².